The van der Waals surface area contributed by atoms with E-state index in [1.807, 2.05) is 0 Å². The molecule has 0 aromatic carbocycles. The van der Waals surface area contributed by atoms with E-state index in [1.165, 1.54) is 4.31 Å². The Morgan fingerprint density at radius 1 is 1.46 bits per heavy atom. The van der Waals surface area contributed by atoms with Crippen molar-refractivity contribution in [2.24, 2.45) is 11.8 Å². The van der Waals surface area contributed by atoms with Crippen LogP contribution in [0.25, 0.3) is 11.4 Å². The Bertz CT molecular complexity index is 920. The highest BCUT2D eigenvalue weighted by Crippen LogP contribution is 2.31. The second-order valence-corrected chi connectivity index (χ2v) is 10.5. The molecule has 1 fully saturated rings. The molecule has 0 radical (unpaired) electrons. The summed E-state index contributed by atoms with van der Waals surface area (Å²) >= 11 is 1.13. The standard InChI is InChI=1S/C18H26N4O4S2/c1-12(2)6-7-19-18(23)14-5-4-8-22(10-14)28(24,25)16-9-15(11-27-16)17-20-13(3)26-21-17/h9,11-12,14H,4-8,10H2,1-3H3,(H,19,23). The first-order valence-corrected chi connectivity index (χ1v) is 11.8. The number of nitrogens with zero attached hydrogens (tertiary/aromatic N) is 3. The van der Waals surface area contributed by atoms with Crippen molar-refractivity contribution in [3.8, 4) is 11.4 Å². The van der Waals surface area contributed by atoms with E-state index >= 15 is 0 Å². The molecule has 1 aliphatic heterocycles. The average molecular weight is 427 g/mol. The Labute approximate surface area is 169 Å². The fraction of sp³-hybridized carbons (Fsp3) is 0.611. The number of aryl methyl sites for hydroxylation is 1. The first-order chi connectivity index (χ1) is 13.3. The molecule has 1 atom stereocenters. The number of carbonyl (C=O) groups excluding carboxylic acids is 1. The van der Waals surface area contributed by atoms with Gasteiger partial charge in [0.15, 0.2) is 0 Å². The fourth-order valence-corrected chi connectivity index (χ4v) is 5.95. The predicted octanol–water partition coefficient (Wildman–Crippen LogP) is 2.67. The van der Waals surface area contributed by atoms with E-state index < -0.39 is 10.0 Å². The first-order valence-electron chi connectivity index (χ1n) is 9.44. The molecule has 0 bridgehead atoms. The van der Waals surface area contributed by atoms with Gasteiger partial charge in [0.1, 0.15) is 4.21 Å². The number of rotatable bonds is 7. The van der Waals surface area contributed by atoms with Gasteiger partial charge in [-0.3, -0.25) is 4.79 Å². The van der Waals surface area contributed by atoms with Crippen LogP contribution in [0.5, 0.6) is 0 Å². The second-order valence-electron chi connectivity index (χ2n) is 7.47. The third kappa shape index (κ3) is 4.79. The lowest BCUT2D eigenvalue weighted by Crippen LogP contribution is -2.45. The third-order valence-electron chi connectivity index (χ3n) is 4.73. The molecule has 1 saturated heterocycles. The summed E-state index contributed by atoms with van der Waals surface area (Å²) in [5.74, 6) is 0.938. The van der Waals surface area contributed by atoms with Crippen molar-refractivity contribution in [2.45, 2.75) is 44.2 Å². The Morgan fingerprint density at radius 3 is 2.93 bits per heavy atom. The average Bonchev–Trinajstić information content (AvgIpc) is 3.30. The molecule has 1 amide bonds. The van der Waals surface area contributed by atoms with Crippen LogP contribution in [0, 0.1) is 18.8 Å². The number of aromatic nitrogens is 2. The first kappa shape index (κ1) is 20.9. The van der Waals surface area contributed by atoms with Crippen LogP contribution in [-0.4, -0.2) is 48.4 Å². The Hall–Kier alpha value is -1.78. The summed E-state index contributed by atoms with van der Waals surface area (Å²) in [5.41, 5.74) is 0.611. The molecule has 0 spiro atoms. The topological polar surface area (TPSA) is 105 Å². The van der Waals surface area contributed by atoms with Crippen molar-refractivity contribution in [2.75, 3.05) is 19.6 Å². The number of amides is 1. The molecule has 1 aliphatic rings. The van der Waals surface area contributed by atoms with Gasteiger partial charge in [-0.25, -0.2) is 8.42 Å². The van der Waals surface area contributed by atoms with E-state index in [9.17, 15) is 13.2 Å². The summed E-state index contributed by atoms with van der Waals surface area (Å²) in [6.45, 7) is 7.15. The van der Waals surface area contributed by atoms with E-state index in [4.69, 9.17) is 4.52 Å². The zero-order valence-corrected chi connectivity index (χ0v) is 18.0. The molecular formula is C18H26N4O4S2. The van der Waals surface area contributed by atoms with Gasteiger partial charge < -0.3 is 9.84 Å². The van der Waals surface area contributed by atoms with Crippen LogP contribution in [0.2, 0.25) is 0 Å². The van der Waals surface area contributed by atoms with Crippen molar-refractivity contribution < 1.29 is 17.7 Å². The summed E-state index contributed by atoms with van der Waals surface area (Å²) in [7, 11) is -3.66. The maximum Gasteiger partial charge on any atom is 0.252 e. The quantitative estimate of drug-likeness (QED) is 0.730. The number of thiophene rings is 1. The van der Waals surface area contributed by atoms with Crippen molar-refractivity contribution in [1.29, 1.82) is 0 Å². The summed E-state index contributed by atoms with van der Waals surface area (Å²) in [6.07, 6.45) is 2.29. The van der Waals surface area contributed by atoms with Crippen molar-refractivity contribution in [3.05, 3.63) is 17.3 Å². The molecule has 3 rings (SSSR count). The largest absolute Gasteiger partial charge is 0.356 e. The number of nitrogens with one attached hydrogen (secondary N) is 1. The summed E-state index contributed by atoms with van der Waals surface area (Å²) in [4.78, 5) is 16.6. The minimum atomic E-state index is -3.66. The Kier molecular flexibility index (Phi) is 6.51. The normalized spacial score (nSPS) is 18.5. The number of piperidine rings is 1. The molecule has 2 aromatic rings. The Morgan fingerprint density at radius 2 is 2.25 bits per heavy atom. The molecule has 0 saturated carbocycles. The van der Waals surface area contributed by atoms with E-state index in [0.29, 0.717) is 49.1 Å². The maximum atomic E-state index is 13.0. The lowest BCUT2D eigenvalue weighted by molar-refractivity contribution is -0.126. The van der Waals surface area contributed by atoms with Crippen LogP contribution in [-0.2, 0) is 14.8 Å². The zero-order chi connectivity index (χ0) is 20.3. The van der Waals surface area contributed by atoms with Crippen LogP contribution >= 0.6 is 11.3 Å². The SMILES string of the molecule is Cc1nc(-c2csc(S(=O)(=O)N3CCCC(C(=O)NCCC(C)C)C3)c2)no1. The van der Waals surface area contributed by atoms with Gasteiger partial charge in [-0.2, -0.15) is 9.29 Å². The highest BCUT2D eigenvalue weighted by molar-refractivity contribution is 7.91. The highest BCUT2D eigenvalue weighted by atomic mass is 32.2. The van der Waals surface area contributed by atoms with Crippen LogP contribution in [0.15, 0.2) is 20.2 Å². The summed E-state index contributed by atoms with van der Waals surface area (Å²) in [6, 6.07) is 1.57. The van der Waals surface area contributed by atoms with E-state index in [0.717, 1.165) is 17.8 Å². The molecule has 1 unspecified atom stereocenters. The lowest BCUT2D eigenvalue weighted by atomic mass is 9.98. The molecule has 28 heavy (non-hydrogen) atoms. The van der Waals surface area contributed by atoms with Gasteiger partial charge in [-0.1, -0.05) is 19.0 Å². The number of hydrogen-bond acceptors (Lipinski definition) is 7. The van der Waals surface area contributed by atoms with Gasteiger partial charge in [0.2, 0.25) is 17.6 Å². The van der Waals surface area contributed by atoms with E-state index in [-0.39, 0.29) is 22.6 Å². The van der Waals surface area contributed by atoms with Crippen molar-refractivity contribution in [3.63, 3.8) is 0 Å². The van der Waals surface area contributed by atoms with Crippen molar-refractivity contribution >= 4 is 27.3 Å². The molecule has 8 nitrogen and oxygen atoms in total. The smallest absolute Gasteiger partial charge is 0.252 e. The predicted molar refractivity (Wildman–Crippen MR) is 106 cm³/mol. The van der Waals surface area contributed by atoms with Gasteiger partial charge in [0.25, 0.3) is 10.0 Å². The van der Waals surface area contributed by atoms with E-state index in [1.54, 1.807) is 18.4 Å². The van der Waals surface area contributed by atoms with Gasteiger partial charge in [0, 0.05) is 37.5 Å². The van der Waals surface area contributed by atoms with Crippen LogP contribution < -0.4 is 5.32 Å². The molecule has 0 aliphatic carbocycles. The molecule has 1 N–H and O–H groups in total. The highest BCUT2D eigenvalue weighted by Gasteiger charge is 2.34. The molecule has 2 aromatic heterocycles. The van der Waals surface area contributed by atoms with Crippen LogP contribution in [0.3, 0.4) is 0 Å². The summed E-state index contributed by atoms with van der Waals surface area (Å²) < 4.78 is 32.7. The molecule has 154 valence electrons. The minimum Gasteiger partial charge on any atom is -0.356 e. The zero-order valence-electron chi connectivity index (χ0n) is 16.3. The monoisotopic (exact) mass is 426 g/mol. The maximum absolute atomic E-state index is 13.0. The molecule has 10 heteroatoms. The van der Waals surface area contributed by atoms with Crippen LogP contribution in [0.4, 0.5) is 0 Å². The van der Waals surface area contributed by atoms with E-state index in [2.05, 4.69) is 29.3 Å². The van der Waals surface area contributed by atoms with Gasteiger partial charge in [-0.05, 0) is 31.2 Å². The fourth-order valence-electron chi connectivity index (χ4n) is 3.12. The third-order valence-corrected chi connectivity index (χ3v) is 8.01. The number of sulfonamides is 1. The van der Waals surface area contributed by atoms with Crippen molar-refractivity contribution in [1.82, 2.24) is 19.8 Å². The van der Waals surface area contributed by atoms with Crippen LogP contribution in [0.1, 0.15) is 39.0 Å². The second kappa shape index (κ2) is 8.71. The molecular weight excluding hydrogens is 400 g/mol. The minimum absolute atomic E-state index is 0.0605. The Balaban J connectivity index is 1.68. The van der Waals surface area contributed by atoms with Gasteiger partial charge >= 0.3 is 0 Å². The summed E-state index contributed by atoms with van der Waals surface area (Å²) in [5, 5.41) is 8.47. The van der Waals surface area contributed by atoms with Gasteiger partial charge in [-0.15, -0.1) is 11.3 Å². The lowest BCUT2D eigenvalue weighted by Gasteiger charge is -2.30. The number of hydrogen-bond donors (Lipinski definition) is 1. The molecule has 3 heterocycles. The number of carbonyl (C=O) groups is 1. The van der Waals surface area contributed by atoms with Gasteiger partial charge in [0.05, 0.1) is 5.92 Å².